The fourth-order valence-corrected chi connectivity index (χ4v) is 2.23. The first-order valence-electron chi connectivity index (χ1n) is 5.90. The molecule has 1 N–H and O–H groups in total. The van der Waals surface area contributed by atoms with Gasteiger partial charge in [-0.1, -0.05) is 23.7 Å². The van der Waals surface area contributed by atoms with Crippen LogP contribution in [-0.4, -0.2) is 19.3 Å². The first-order chi connectivity index (χ1) is 7.84. The zero-order valence-corrected chi connectivity index (χ0v) is 10.2. The minimum atomic E-state index is 0.585. The molecule has 0 saturated carbocycles. The second-order valence-electron chi connectivity index (χ2n) is 4.25. The third-order valence-corrected chi connectivity index (χ3v) is 3.17. The standard InChI is InChI=1S/C13H18ClNO/c14-12-4-1-3-11(9-12)10-15-13-5-2-7-16-8-6-13/h1,3-4,9,13,15H,2,5-8,10H2. The lowest BCUT2D eigenvalue weighted by Gasteiger charge is -2.15. The maximum atomic E-state index is 5.94. The Morgan fingerprint density at radius 1 is 1.31 bits per heavy atom. The van der Waals surface area contributed by atoms with Crippen LogP contribution in [0.1, 0.15) is 24.8 Å². The molecule has 0 aliphatic carbocycles. The zero-order valence-electron chi connectivity index (χ0n) is 9.42. The number of nitrogens with one attached hydrogen (secondary N) is 1. The molecule has 0 amide bonds. The highest BCUT2D eigenvalue weighted by molar-refractivity contribution is 6.30. The molecule has 3 heteroatoms. The van der Waals surface area contributed by atoms with Gasteiger partial charge in [-0.05, 0) is 37.0 Å². The molecule has 1 aromatic rings. The number of benzene rings is 1. The van der Waals surface area contributed by atoms with Crippen LogP contribution >= 0.6 is 11.6 Å². The summed E-state index contributed by atoms with van der Waals surface area (Å²) in [7, 11) is 0. The van der Waals surface area contributed by atoms with Crippen LogP contribution < -0.4 is 5.32 Å². The van der Waals surface area contributed by atoms with Gasteiger partial charge in [0.25, 0.3) is 0 Å². The summed E-state index contributed by atoms with van der Waals surface area (Å²) in [6.07, 6.45) is 3.48. The molecule has 1 aliphatic rings. The number of ether oxygens (including phenoxy) is 1. The zero-order chi connectivity index (χ0) is 11.2. The second kappa shape index (κ2) is 6.24. The average molecular weight is 240 g/mol. The van der Waals surface area contributed by atoms with Gasteiger partial charge in [-0.3, -0.25) is 0 Å². The molecule has 2 rings (SSSR count). The van der Waals surface area contributed by atoms with Gasteiger partial charge in [0.1, 0.15) is 0 Å². The van der Waals surface area contributed by atoms with Crippen molar-refractivity contribution < 1.29 is 4.74 Å². The molecular weight excluding hydrogens is 222 g/mol. The predicted molar refractivity (Wildman–Crippen MR) is 66.7 cm³/mol. The Kier molecular flexibility index (Phi) is 4.64. The highest BCUT2D eigenvalue weighted by atomic mass is 35.5. The largest absolute Gasteiger partial charge is 0.381 e. The van der Waals surface area contributed by atoms with Crippen molar-refractivity contribution in [3.05, 3.63) is 34.9 Å². The van der Waals surface area contributed by atoms with Crippen molar-refractivity contribution in [3.8, 4) is 0 Å². The summed E-state index contributed by atoms with van der Waals surface area (Å²) >= 11 is 5.94. The predicted octanol–water partition coefficient (Wildman–Crippen LogP) is 3.00. The molecule has 1 heterocycles. The number of rotatable bonds is 3. The fourth-order valence-electron chi connectivity index (χ4n) is 2.02. The first-order valence-corrected chi connectivity index (χ1v) is 6.28. The summed E-state index contributed by atoms with van der Waals surface area (Å²) in [6, 6.07) is 8.61. The van der Waals surface area contributed by atoms with Gasteiger partial charge < -0.3 is 10.1 Å². The van der Waals surface area contributed by atoms with E-state index >= 15 is 0 Å². The van der Waals surface area contributed by atoms with E-state index in [0.29, 0.717) is 6.04 Å². The minimum Gasteiger partial charge on any atom is -0.381 e. The molecule has 2 nitrogen and oxygen atoms in total. The van der Waals surface area contributed by atoms with E-state index in [1.54, 1.807) is 0 Å². The molecule has 0 spiro atoms. The van der Waals surface area contributed by atoms with Gasteiger partial charge in [0, 0.05) is 30.8 Å². The lowest BCUT2D eigenvalue weighted by atomic mass is 10.1. The van der Waals surface area contributed by atoms with Crippen molar-refractivity contribution in [2.45, 2.75) is 31.8 Å². The highest BCUT2D eigenvalue weighted by Crippen LogP contribution is 2.12. The van der Waals surface area contributed by atoms with Crippen LogP contribution in [0.4, 0.5) is 0 Å². The lowest BCUT2D eigenvalue weighted by molar-refractivity contribution is 0.142. The van der Waals surface area contributed by atoms with Gasteiger partial charge in [0.2, 0.25) is 0 Å². The van der Waals surface area contributed by atoms with Gasteiger partial charge in [0.05, 0.1) is 0 Å². The Morgan fingerprint density at radius 2 is 2.25 bits per heavy atom. The molecule has 1 aliphatic heterocycles. The molecule has 0 bridgehead atoms. The van der Waals surface area contributed by atoms with Gasteiger partial charge in [-0.2, -0.15) is 0 Å². The Bertz CT molecular complexity index is 321. The van der Waals surface area contributed by atoms with Crippen molar-refractivity contribution in [1.29, 1.82) is 0 Å². The minimum absolute atomic E-state index is 0.585. The van der Waals surface area contributed by atoms with Crippen LogP contribution in [0.15, 0.2) is 24.3 Å². The fraction of sp³-hybridized carbons (Fsp3) is 0.538. The van der Waals surface area contributed by atoms with E-state index in [1.807, 2.05) is 18.2 Å². The summed E-state index contributed by atoms with van der Waals surface area (Å²) in [5, 5.41) is 4.38. The van der Waals surface area contributed by atoms with Crippen LogP contribution in [0.25, 0.3) is 0 Å². The molecule has 1 unspecified atom stereocenters. The summed E-state index contributed by atoms with van der Waals surface area (Å²) < 4.78 is 5.43. The van der Waals surface area contributed by atoms with Gasteiger partial charge in [0.15, 0.2) is 0 Å². The first kappa shape index (κ1) is 11.9. The van der Waals surface area contributed by atoms with E-state index in [0.717, 1.165) is 37.6 Å². The van der Waals surface area contributed by atoms with E-state index in [1.165, 1.54) is 12.0 Å². The lowest BCUT2D eigenvalue weighted by Crippen LogP contribution is -2.28. The number of hydrogen-bond donors (Lipinski definition) is 1. The molecule has 1 aromatic carbocycles. The molecule has 1 fully saturated rings. The molecule has 88 valence electrons. The van der Waals surface area contributed by atoms with Crippen molar-refractivity contribution in [3.63, 3.8) is 0 Å². The van der Waals surface area contributed by atoms with Crippen molar-refractivity contribution in [2.24, 2.45) is 0 Å². The Labute approximate surface area is 102 Å². The maximum Gasteiger partial charge on any atom is 0.0480 e. The molecule has 0 radical (unpaired) electrons. The van der Waals surface area contributed by atoms with Crippen LogP contribution in [0.2, 0.25) is 5.02 Å². The molecule has 16 heavy (non-hydrogen) atoms. The average Bonchev–Trinajstić information content (AvgIpc) is 2.55. The van der Waals surface area contributed by atoms with E-state index in [2.05, 4.69) is 11.4 Å². The van der Waals surface area contributed by atoms with E-state index in [-0.39, 0.29) is 0 Å². The van der Waals surface area contributed by atoms with Crippen LogP contribution in [0, 0.1) is 0 Å². The van der Waals surface area contributed by atoms with Crippen LogP contribution in [-0.2, 0) is 11.3 Å². The topological polar surface area (TPSA) is 21.3 Å². The monoisotopic (exact) mass is 239 g/mol. The van der Waals surface area contributed by atoms with E-state index in [9.17, 15) is 0 Å². The van der Waals surface area contributed by atoms with Crippen molar-refractivity contribution in [1.82, 2.24) is 5.32 Å². The van der Waals surface area contributed by atoms with Gasteiger partial charge >= 0.3 is 0 Å². The molecule has 1 saturated heterocycles. The van der Waals surface area contributed by atoms with Gasteiger partial charge in [-0.15, -0.1) is 0 Å². The maximum absolute atomic E-state index is 5.94. The quantitative estimate of drug-likeness (QED) is 0.876. The normalized spacial score (nSPS) is 21.7. The second-order valence-corrected chi connectivity index (χ2v) is 4.69. The van der Waals surface area contributed by atoms with Crippen LogP contribution in [0.3, 0.4) is 0 Å². The third kappa shape index (κ3) is 3.78. The number of hydrogen-bond acceptors (Lipinski definition) is 2. The molecule has 1 atom stereocenters. The van der Waals surface area contributed by atoms with Crippen LogP contribution in [0.5, 0.6) is 0 Å². The van der Waals surface area contributed by atoms with Crippen molar-refractivity contribution in [2.75, 3.05) is 13.2 Å². The van der Waals surface area contributed by atoms with Crippen molar-refractivity contribution >= 4 is 11.6 Å². The van der Waals surface area contributed by atoms with E-state index in [4.69, 9.17) is 16.3 Å². The Balaban J connectivity index is 1.81. The molecule has 0 aromatic heterocycles. The third-order valence-electron chi connectivity index (χ3n) is 2.94. The highest BCUT2D eigenvalue weighted by Gasteiger charge is 2.11. The number of halogens is 1. The summed E-state index contributed by atoms with van der Waals surface area (Å²) in [6.45, 7) is 2.69. The summed E-state index contributed by atoms with van der Waals surface area (Å²) in [5.74, 6) is 0. The smallest absolute Gasteiger partial charge is 0.0480 e. The summed E-state index contributed by atoms with van der Waals surface area (Å²) in [4.78, 5) is 0. The summed E-state index contributed by atoms with van der Waals surface area (Å²) in [5.41, 5.74) is 1.25. The Hall–Kier alpha value is -0.570. The Morgan fingerprint density at radius 3 is 3.12 bits per heavy atom. The van der Waals surface area contributed by atoms with E-state index < -0.39 is 0 Å². The van der Waals surface area contributed by atoms with Gasteiger partial charge in [-0.25, -0.2) is 0 Å². The SMILES string of the molecule is Clc1cccc(CNC2CCCOCC2)c1. The molecular formula is C13H18ClNO.